The summed E-state index contributed by atoms with van der Waals surface area (Å²) in [5.41, 5.74) is 34.6. The summed E-state index contributed by atoms with van der Waals surface area (Å²) in [5, 5.41) is 0. The van der Waals surface area contributed by atoms with Gasteiger partial charge in [0.15, 0.2) is 23.3 Å². The maximum atomic E-state index is 5.32. The molecule has 516 valence electrons. The molecule has 20 rings (SSSR count). The van der Waals surface area contributed by atoms with E-state index in [1.807, 2.05) is 72.8 Å². The van der Waals surface area contributed by atoms with E-state index in [1.54, 1.807) is 0 Å². The number of hydrogen-bond acceptors (Lipinski definition) is 8. The Hall–Kier alpha value is -13.0. The van der Waals surface area contributed by atoms with Crippen LogP contribution >= 0.6 is 0 Å². The number of benzene rings is 12. The molecule has 0 radical (unpaired) electrons. The summed E-state index contributed by atoms with van der Waals surface area (Å²) in [7, 11) is 0. The minimum atomic E-state index is -0.252. The normalized spacial score (nSPS) is 14.2. The van der Waals surface area contributed by atoms with Crippen LogP contribution in [0.25, 0.3) is 158 Å². The minimum Gasteiger partial charge on any atom is -0.228 e. The maximum absolute atomic E-state index is 5.32. The van der Waals surface area contributed by atoms with Gasteiger partial charge in [-0.25, -0.2) is 39.9 Å². The molecule has 0 unspecified atom stereocenters. The molecule has 0 N–H and O–H groups in total. The lowest BCUT2D eigenvalue weighted by molar-refractivity contribution is 0.657. The Labute approximate surface area is 630 Å². The molecule has 0 aliphatic heterocycles. The van der Waals surface area contributed by atoms with Crippen LogP contribution in [0.1, 0.15) is 99.9 Å². The van der Waals surface area contributed by atoms with Gasteiger partial charge in [-0.1, -0.05) is 365 Å². The van der Waals surface area contributed by atoms with Crippen molar-refractivity contribution in [3.8, 4) is 158 Å². The first-order valence-corrected chi connectivity index (χ1v) is 37.3. The fraction of sp³-hybridized carbons (Fsp3) is 0.120. The van der Waals surface area contributed by atoms with E-state index in [4.69, 9.17) is 39.9 Å². The predicted octanol–water partition coefficient (Wildman–Crippen LogP) is 24.4. The van der Waals surface area contributed by atoms with Crippen molar-refractivity contribution in [2.24, 2.45) is 0 Å². The number of hydrogen-bond donors (Lipinski definition) is 0. The fourth-order valence-corrected chi connectivity index (χ4v) is 17.5. The number of aromatic nitrogens is 8. The van der Waals surface area contributed by atoms with Crippen molar-refractivity contribution in [1.29, 1.82) is 0 Å². The van der Waals surface area contributed by atoms with Crippen LogP contribution < -0.4 is 0 Å². The summed E-state index contributed by atoms with van der Waals surface area (Å²) in [6, 6.07) is 111. The third-order valence-electron chi connectivity index (χ3n) is 23.0. The van der Waals surface area contributed by atoms with Crippen molar-refractivity contribution in [2.45, 2.75) is 77.0 Å². The molecular weight excluding hydrogens is 1310 g/mol. The lowest BCUT2D eigenvalue weighted by Crippen LogP contribution is -2.17. The quantitative estimate of drug-likeness (QED) is 0.133. The predicted molar refractivity (Wildman–Crippen MR) is 440 cm³/mol. The van der Waals surface area contributed by atoms with E-state index in [0.717, 1.165) is 136 Å². The molecule has 108 heavy (non-hydrogen) atoms. The topological polar surface area (TPSA) is 103 Å². The Bertz CT molecular complexity index is 6050. The van der Waals surface area contributed by atoms with Crippen LogP contribution in [0.4, 0.5) is 0 Å². The highest BCUT2D eigenvalue weighted by Crippen LogP contribution is 2.56. The van der Waals surface area contributed by atoms with Crippen molar-refractivity contribution in [2.75, 3.05) is 0 Å². The van der Waals surface area contributed by atoms with Gasteiger partial charge in [0.1, 0.15) is 0 Å². The highest BCUT2D eigenvalue weighted by Gasteiger charge is 2.44. The van der Waals surface area contributed by atoms with Gasteiger partial charge in [0.25, 0.3) is 0 Å². The largest absolute Gasteiger partial charge is 0.228 e. The molecule has 12 aromatic carbocycles. The summed E-state index contributed by atoms with van der Waals surface area (Å²) in [6.45, 7) is 18.3. The van der Waals surface area contributed by atoms with E-state index in [2.05, 4.69) is 298 Å². The number of rotatable bonds is 10. The molecule has 0 amide bonds. The first-order valence-electron chi connectivity index (χ1n) is 37.3. The Balaban J connectivity index is 0.000000147. The maximum Gasteiger partial charge on any atom is 0.160 e. The monoisotopic (exact) mass is 1390 g/mol. The molecule has 8 heteroatoms. The SMILES string of the molecule is CC1(C)c2ccccc2-c2nc(-c3ccccc3)nc(-c3ccc(-c4ccc(-c5nc(-c6ccccc6)nc6c5C(C)(C)c5ccccc5-6)cc4)cc3)c21.CC1(C)c2ccccc2-c2nc(-c3ccccc3)nc(-c3ccc(-c4cccc(-c5nc(-c6ccccc6)nc6c5C(C)(C)c5ccccc5-6)c4)cc3)c21. The van der Waals surface area contributed by atoms with E-state index >= 15 is 0 Å². The van der Waals surface area contributed by atoms with Crippen LogP contribution in [0.15, 0.2) is 315 Å². The zero-order valence-corrected chi connectivity index (χ0v) is 61.6. The standard InChI is InChI=1S/2C50H38N4/c1-49(2)39-24-13-11-22-37(39)45-41(49)43(51-47(53-45)33-16-7-5-8-17-33)32-28-26-31(27-29-32)35-20-15-21-36(30-35)44-42-46(38-23-12-14-25-40(38)50(42,3)4)54-48(52-44)34-18-9-6-10-19-34;1-49(2)39-21-13-11-19-37(39)45-41(49)43(51-47(53-45)35-15-7-5-8-16-35)33-27-23-31(24-28-33)32-25-29-34(30-26-32)44-42-46(38-20-12-14-22-40(38)50(42,3)4)54-48(52-44)36-17-9-6-10-18-36/h2*5-30H,1-4H3. The van der Waals surface area contributed by atoms with Gasteiger partial charge < -0.3 is 0 Å². The Kier molecular flexibility index (Phi) is 15.4. The third kappa shape index (κ3) is 10.7. The molecule has 4 aromatic heterocycles. The van der Waals surface area contributed by atoms with E-state index in [-0.39, 0.29) is 21.7 Å². The van der Waals surface area contributed by atoms with Crippen LogP contribution in [0, 0.1) is 0 Å². The average molecular weight is 1390 g/mol. The summed E-state index contributed by atoms with van der Waals surface area (Å²) in [5.74, 6) is 2.97. The first kappa shape index (κ1) is 65.7. The second-order valence-corrected chi connectivity index (χ2v) is 30.9. The van der Waals surface area contributed by atoms with Gasteiger partial charge in [-0.3, -0.25) is 0 Å². The van der Waals surface area contributed by atoms with Crippen LogP contribution in [0.2, 0.25) is 0 Å². The van der Waals surface area contributed by atoms with Crippen molar-refractivity contribution in [1.82, 2.24) is 39.9 Å². The van der Waals surface area contributed by atoms with Crippen LogP contribution in [-0.2, 0) is 21.7 Å². The molecule has 0 atom stereocenters. The molecule has 4 aliphatic rings. The minimum absolute atomic E-state index is 0.234. The molecule has 4 aliphatic carbocycles. The molecule has 16 aromatic rings. The Morgan fingerprint density at radius 3 is 0.620 bits per heavy atom. The zero-order chi connectivity index (χ0) is 73.2. The van der Waals surface area contributed by atoms with E-state index in [0.29, 0.717) is 0 Å². The lowest BCUT2D eigenvalue weighted by atomic mass is 9.80. The van der Waals surface area contributed by atoms with Gasteiger partial charge >= 0.3 is 0 Å². The fourth-order valence-electron chi connectivity index (χ4n) is 17.5. The van der Waals surface area contributed by atoms with Crippen molar-refractivity contribution >= 4 is 0 Å². The van der Waals surface area contributed by atoms with Crippen LogP contribution in [0.5, 0.6) is 0 Å². The van der Waals surface area contributed by atoms with E-state index in [9.17, 15) is 0 Å². The summed E-state index contributed by atoms with van der Waals surface area (Å²) in [4.78, 5) is 42.0. The second-order valence-electron chi connectivity index (χ2n) is 30.9. The lowest BCUT2D eigenvalue weighted by Gasteiger charge is -2.24. The summed E-state index contributed by atoms with van der Waals surface area (Å²) < 4.78 is 0. The molecule has 0 bridgehead atoms. The molecule has 8 nitrogen and oxygen atoms in total. The van der Waals surface area contributed by atoms with Gasteiger partial charge in [-0.05, 0) is 50.6 Å². The van der Waals surface area contributed by atoms with Crippen LogP contribution in [0.3, 0.4) is 0 Å². The molecule has 0 saturated heterocycles. The van der Waals surface area contributed by atoms with Gasteiger partial charge in [0.05, 0.1) is 45.6 Å². The number of fused-ring (bicyclic) bond motifs is 12. The Morgan fingerprint density at radius 1 is 0.157 bits per heavy atom. The van der Waals surface area contributed by atoms with Crippen LogP contribution in [-0.4, -0.2) is 39.9 Å². The van der Waals surface area contributed by atoms with Crippen molar-refractivity contribution in [3.05, 3.63) is 360 Å². The van der Waals surface area contributed by atoms with E-state index < -0.39 is 0 Å². The van der Waals surface area contributed by atoms with Gasteiger partial charge in [-0.15, -0.1) is 0 Å². The average Bonchev–Trinajstić information content (AvgIpc) is 1.58. The molecule has 4 heterocycles. The molecular formula is C100H76N8. The number of nitrogens with zero attached hydrogens (tertiary/aromatic N) is 8. The van der Waals surface area contributed by atoms with Crippen molar-refractivity contribution < 1.29 is 0 Å². The molecule has 0 spiro atoms. The highest BCUT2D eigenvalue weighted by atomic mass is 14.9. The van der Waals surface area contributed by atoms with E-state index in [1.165, 1.54) is 66.8 Å². The summed E-state index contributed by atoms with van der Waals surface area (Å²) in [6.07, 6.45) is 0. The molecule has 0 saturated carbocycles. The Morgan fingerprint density at radius 2 is 0.352 bits per heavy atom. The second kappa shape index (κ2) is 25.4. The molecule has 0 fully saturated rings. The third-order valence-corrected chi connectivity index (χ3v) is 23.0. The van der Waals surface area contributed by atoms with Gasteiger partial charge in [-0.2, -0.15) is 0 Å². The van der Waals surface area contributed by atoms with Crippen molar-refractivity contribution in [3.63, 3.8) is 0 Å². The summed E-state index contributed by atoms with van der Waals surface area (Å²) >= 11 is 0. The first-order chi connectivity index (χ1) is 52.6. The smallest absolute Gasteiger partial charge is 0.160 e. The van der Waals surface area contributed by atoms with Gasteiger partial charge in [0.2, 0.25) is 0 Å². The van der Waals surface area contributed by atoms with Gasteiger partial charge in [0, 0.05) is 111 Å². The highest BCUT2D eigenvalue weighted by molar-refractivity contribution is 5.92. The zero-order valence-electron chi connectivity index (χ0n) is 61.6.